The molecule has 0 aliphatic carbocycles. The lowest BCUT2D eigenvalue weighted by atomic mass is 9.88. The van der Waals surface area contributed by atoms with E-state index >= 15 is 0 Å². The quantitative estimate of drug-likeness (QED) is 0.290. The molecule has 2 heterocycles. The Kier molecular flexibility index (Phi) is 4.81. The van der Waals surface area contributed by atoms with Crippen LogP contribution in [0.25, 0.3) is 44.3 Å². The molecule has 0 radical (unpaired) electrons. The van der Waals surface area contributed by atoms with Crippen LogP contribution in [-0.4, -0.2) is 4.98 Å². The first kappa shape index (κ1) is 20.4. The van der Waals surface area contributed by atoms with Crippen LogP contribution >= 0.6 is 0 Å². The highest BCUT2D eigenvalue weighted by Gasteiger charge is 2.16. The van der Waals surface area contributed by atoms with E-state index in [0.29, 0.717) is 16.7 Å². The van der Waals surface area contributed by atoms with Crippen molar-refractivity contribution < 1.29 is 13.2 Å². The summed E-state index contributed by atoms with van der Waals surface area (Å²) >= 11 is 0. The maximum absolute atomic E-state index is 13.8. The van der Waals surface area contributed by atoms with E-state index in [4.69, 9.17) is 4.42 Å². The number of benzene rings is 3. The van der Waals surface area contributed by atoms with E-state index in [2.05, 4.69) is 44.0 Å². The Balaban J connectivity index is 1.64. The molecule has 160 valence electrons. The van der Waals surface area contributed by atoms with Crippen molar-refractivity contribution in [3.8, 4) is 22.4 Å². The van der Waals surface area contributed by atoms with E-state index < -0.39 is 11.6 Å². The average Bonchev–Trinajstić information content (AvgIpc) is 3.10. The van der Waals surface area contributed by atoms with Crippen molar-refractivity contribution in [2.75, 3.05) is 0 Å². The van der Waals surface area contributed by atoms with Crippen LogP contribution in [-0.2, 0) is 6.42 Å². The third-order valence-electron chi connectivity index (χ3n) is 5.52. The molecule has 0 saturated heterocycles. The summed E-state index contributed by atoms with van der Waals surface area (Å²) in [6.45, 7) is 6.66. The van der Waals surface area contributed by atoms with Gasteiger partial charge in [-0.2, -0.15) is 0 Å². The molecule has 0 unspecified atom stereocenters. The summed E-state index contributed by atoms with van der Waals surface area (Å²) in [5, 5.41) is 1.84. The highest BCUT2D eigenvalue weighted by molar-refractivity contribution is 6.10. The van der Waals surface area contributed by atoms with Crippen molar-refractivity contribution in [1.82, 2.24) is 4.98 Å². The van der Waals surface area contributed by atoms with E-state index in [-0.39, 0.29) is 5.41 Å². The molecular formula is C28H23F2NO. The lowest BCUT2D eigenvalue weighted by Gasteiger charge is -2.18. The molecule has 5 rings (SSSR count). The van der Waals surface area contributed by atoms with Crippen LogP contribution in [0.4, 0.5) is 8.78 Å². The molecule has 2 nitrogen and oxygen atoms in total. The topological polar surface area (TPSA) is 26.0 Å². The third-order valence-corrected chi connectivity index (χ3v) is 5.52. The van der Waals surface area contributed by atoms with Gasteiger partial charge < -0.3 is 4.42 Å². The number of hydrogen-bond donors (Lipinski definition) is 0. The summed E-state index contributed by atoms with van der Waals surface area (Å²) in [6, 6.07) is 19.4. The molecule has 0 bridgehead atoms. The minimum Gasteiger partial charge on any atom is -0.455 e. The van der Waals surface area contributed by atoms with Gasteiger partial charge in [-0.15, -0.1) is 0 Å². The van der Waals surface area contributed by atoms with Gasteiger partial charge in [-0.1, -0.05) is 39.0 Å². The predicted octanol–water partition coefficient (Wildman–Crippen LogP) is 8.18. The van der Waals surface area contributed by atoms with E-state index in [1.165, 1.54) is 17.7 Å². The fourth-order valence-corrected chi connectivity index (χ4v) is 4.25. The van der Waals surface area contributed by atoms with Gasteiger partial charge in [-0.05, 0) is 65.4 Å². The van der Waals surface area contributed by atoms with Crippen molar-refractivity contribution in [3.63, 3.8) is 0 Å². The number of aromatic nitrogens is 1. The average molecular weight is 427 g/mol. The van der Waals surface area contributed by atoms with Crippen LogP contribution in [0, 0.1) is 17.0 Å². The predicted molar refractivity (Wildman–Crippen MR) is 125 cm³/mol. The first-order chi connectivity index (χ1) is 15.3. The highest BCUT2D eigenvalue weighted by atomic mass is 19.1. The highest BCUT2D eigenvalue weighted by Crippen LogP contribution is 2.37. The first-order valence-corrected chi connectivity index (χ1v) is 10.6. The van der Waals surface area contributed by atoms with Crippen molar-refractivity contribution in [2.24, 2.45) is 5.41 Å². The molecule has 0 aliphatic heterocycles. The standard InChI is InChI=1S/C28H23F2NO/c1-28(2,3)16-17-9-10-31-25(11-17)18-7-8-26-24(14-18)23-6-4-5-22(27(23)32-26)19-12-20(29)15-21(30)13-19/h4-15H,16H2,1-3H3. The zero-order valence-electron chi connectivity index (χ0n) is 18.2. The SMILES string of the molecule is CC(C)(C)Cc1ccnc(-c2ccc3oc4c(-c5cc(F)cc(F)c5)cccc4c3c2)c1. The molecule has 0 atom stereocenters. The summed E-state index contributed by atoms with van der Waals surface area (Å²) in [4.78, 5) is 4.58. The number of furan rings is 1. The molecule has 0 fully saturated rings. The van der Waals surface area contributed by atoms with Gasteiger partial charge in [0.2, 0.25) is 0 Å². The summed E-state index contributed by atoms with van der Waals surface area (Å²) in [6.07, 6.45) is 2.82. The smallest absolute Gasteiger partial charge is 0.143 e. The van der Waals surface area contributed by atoms with Crippen molar-refractivity contribution in [3.05, 3.63) is 90.1 Å². The number of rotatable bonds is 3. The molecule has 4 heteroatoms. The molecule has 3 aromatic carbocycles. The van der Waals surface area contributed by atoms with Crippen LogP contribution in [0.3, 0.4) is 0 Å². The first-order valence-electron chi connectivity index (χ1n) is 10.6. The van der Waals surface area contributed by atoms with Gasteiger partial charge in [0.15, 0.2) is 0 Å². The molecule has 32 heavy (non-hydrogen) atoms. The number of para-hydroxylation sites is 1. The zero-order chi connectivity index (χ0) is 22.5. The molecule has 0 N–H and O–H groups in total. The van der Waals surface area contributed by atoms with Crippen molar-refractivity contribution in [1.29, 1.82) is 0 Å². The Morgan fingerprint density at radius 2 is 1.59 bits per heavy atom. The maximum atomic E-state index is 13.8. The number of pyridine rings is 1. The molecule has 0 spiro atoms. The van der Waals surface area contributed by atoms with Gasteiger partial charge in [0.25, 0.3) is 0 Å². The van der Waals surface area contributed by atoms with E-state index in [1.54, 1.807) is 0 Å². The van der Waals surface area contributed by atoms with Crippen LogP contribution in [0.15, 0.2) is 77.3 Å². The van der Waals surface area contributed by atoms with E-state index in [1.807, 2.05) is 36.5 Å². The fraction of sp³-hybridized carbons (Fsp3) is 0.179. The molecule has 0 amide bonds. The molecule has 0 saturated carbocycles. The van der Waals surface area contributed by atoms with Gasteiger partial charge in [0.1, 0.15) is 22.8 Å². The van der Waals surface area contributed by atoms with E-state index in [0.717, 1.165) is 40.1 Å². The second-order valence-corrected chi connectivity index (χ2v) is 9.44. The third kappa shape index (κ3) is 3.89. The van der Waals surface area contributed by atoms with Crippen molar-refractivity contribution >= 4 is 21.9 Å². The van der Waals surface area contributed by atoms with Gasteiger partial charge in [-0.3, -0.25) is 4.98 Å². The Labute approximate surface area is 185 Å². The Hall–Kier alpha value is -3.53. The minimum atomic E-state index is -0.614. The van der Waals surface area contributed by atoms with Crippen LogP contribution in [0.2, 0.25) is 0 Å². The van der Waals surface area contributed by atoms with Gasteiger partial charge >= 0.3 is 0 Å². The Morgan fingerprint density at radius 1 is 0.812 bits per heavy atom. The molecule has 5 aromatic rings. The summed E-state index contributed by atoms with van der Waals surface area (Å²) in [5.74, 6) is -1.23. The van der Waals surface area contributed by atoms with Crippen LogP contribution in [0.5, 0.6) is 0 Å². The number of nitrogens with zero attached hydrogens (tertiary/aromatic N) is 1. The normalized spacial score (nSPS) is 12.0. The molecule has 2 aromatic heterocycles. The minimum absolute atomic E-state index is 0.191. The van der Waals surface area contributed by atoms with Gasteiger partial charge in [0, 0.05) is 34.2 Å². The summed E-state index contributed by atoms with van der Waals surface area (Å²) in [5.41, 5.74) is 5.78. The van der Waals surface area contributed by atoms with Gasteiger partial charge in [-0.25, -0.2) is 8.78 Å². The number of hydrogen-bond acceptors (Lipinski definition) is 2. The van der Waals surface area contributed by atoms with Crippen LogP contribution in [0.1, 0.15) is 26.3 Å². The molecular weight excluding hydrogens is 404 g/mol. The number of halogens is 2. The lowest BCUT2D eigenvalue weighted by Crippen LogP contribution is -2.09. The fourth-order valence-electron chi connectivity index (χ4n) is 4.25. The Bertz CT molecular complexity index is 1440. The van der Waals surface area contributed by atoms with Gasteiger partial charge in [0.05, 0.1) is 5.69 Å². The summed E-state index contributed by atoms with van der Waals surface area (Å²) < 4.78 is 33.8. The Morgan fingerprint density at radius 3 is 2.34 bits per heavy atom. The second kappa shape index (κ2) is 7.56. The second-order valence-electron chi connectivity index (χ2n) is 9.44. The largest absolute Gasteiger partial charge is 0.455 e. The maximum Gasteiger partial charge on any atom is 0.143 e. The molecule has 0 aliphatic rings. The number of fused-ring (bicyclic) bond motifs is 3. The lowest BCUT2D eigenvalue weighted by molar-refractivity contribution is 0.411. The van der Waals surface area contributed by atoms with Crippen LogP contribution < -0.4 is 0 Å². The van der Waals surface area contributed by atoms with E-state index in [9.17, 15) is 8.78 Å². The monoisotopic (exact) mass is 427 g/mol. The van der Waals surface area contributed by atoms with Crippen molar-refractivity contribution in [2.45, 2.75) is 27.2 Å². The summed E-state index contributed by atoms with van der Waals surface area (Å²) in [7, 11) is 0. The zero-order valence-corrected chi connectivity index (χ0v) is 18.2.